The van der Waals surface area contributed by atoms with E-state index in [4.69, 9.17) is 9.84 Å². The molecule has 5 nitrogen and oxygen atoms in total. The quantitative estimate of drug-likeness (QED) is 0.690. The van der Waals surface area contributed by atoms with Gasteiger partial charge in [-0.1, -0.05) is 12.1 Å². The number of benzene rings is 1. The molecule has 0 saturated heterocycles. The maximum atomic E-state index is 11.9. The fourth-order valence-electron chi connectivity index (χ4n) is 1.94. The predicted octanol–water partition coefficient (Wildman–Crippen LogP) is 2.34. The van der Waals surface area contributed by atoms with Gasteiger partial charge in [0.15, 0.2) is 0 Å². The molecule has 1 aromatic carbocycles. The number of hydrogen-bond donors (Lipinski definition) is 2. The average Bonchev–Trinajstić information content (AvgIpc) is 2.50. The van der Waals surface area contributed by atoms with Gasteiger partial charge < -0.3 is 15.2 Å². The van der Waals surface area contributed by atoms with Crippen molar-refractivity contribution >= 4 is 23.6 Å². The van der Waals surface area contributed by atoms with Crippen molar-refractivity contribution in [3.8, 4) is 5.75 Å². The Bertz CT molecular complexity index is 476. The van der Waals surface area contributed by atoms with E-state index in [0.29, 0.717) is 25.2 Å². The number of aryl methyl sites for hydroxylation is 1. The third-order valence-corrected chi connectivity index (χ3v) is 3.76. The van der Waals surface area contributed by atoms with Crippen LogP contribution in [0.4, 0.5) is 0 Å². The lowest BCUT2D eigenvalue weighted by atomic mass is 10.1. The van der Waals surface area contributed by atoms with Crippen molar-refractivity contribution in [1.29, 1.82) is 0 Å². The van der Waals surface area contributed by atoms with Crippen LogP contribution in [-0.4, -0.2) is 41.6 Å². The normalized spacial score (nSPS) is 11.7. The van der Waals surface area contributed by atoms with Gasteiger partial charge in [-0.25, -0.2) is 4.79 Å². The first-order chi connectivity index (χ1) is 10.6. The number of aliphatic carboxylic acids is 1. The highest BCUT2D eigenvalue weighted by molar-refractivity contribution is 7.98. The highest BCUT2D eigenvalue weighted by atomic mass is 32.2. The van der Waals surface area contributed by atoms with E-state index in [0.717, 1.165) is 11.3 Å². The number of rotatable bonds is 10. The number of nitrogens with one attached hydrogen (secondary N) is 1. The first-order valence-corrected chi connectivity index (χ1v) is 8.69. The smallest absolute Gasteiger partial charge is 0.326 e. The largest absolute Gasteiger partial charge is 0.494 e. The van der Waals surface area contributed by atoms with Crippen molar-refractivity contribution in [2.45, 2.75) is 32.2 Å². The van der Waals surface area contributed by atoms with E-state index < -0.39 is 12.0 Å². The lowest BCUT2D eigenvalue weighted by Crippen LogP contribution is -2.41. The fraction of sp³-hybridized carbons (Fsp3) is 0.500. The van der Waals surface area contributed by atoms with Crippen molar-refractivity contribution in [3.63, 3.8) is 0 Å². The van der Waals surface area contributed by atoms with E-state index >= 15 is 0 Å². The Balaban J connectivity index is 2.42. The average molecular weight is 325 g/mol. The Morgan fingerprint density at radius 2 is 2.00 bits per heavy atom. The third-order valence-electron chi connectivity index (χ3n) is 3.12. The van der Waals surface area contributed by atoms with E-state index in [9.17, 15) is 9.59 Å². The zero-order valence-electron chi connectivity index (χ0n) is 13.0. The summed E-state index contributed by atoms with van der Waals surface area (Å²) >= 11 is 1.56. The maximum absolute atomic E-state index is 11.9. The Hall–Kier alpha value is -1.69. The van der Waals surface area contributed by atoms with Crippen LogP contribution >= 0.6 is 11.8 Å². The van der Waals surface area contributed by atoms with Gasteiger partial charge in [0.2, 0.25) is 5.91 Å². The van der Waals surface area contributed by atoms with Crippen LogP contribution in [0.1, 0.15) is 25.3 Å². The number of carbonyl (C=O) groups excluding carboxylic acids is 1. The second-order valence-electron chi connectivity index (χ2n) is 4.82. The van der Waals surface area contributed by atoms with Crippen molar-refractivity contribution in [3.05, 3.63) is 29.8 Å². The van der Waals surface area contributed by atoms with E-state index in [1.165, 1.54) is 0 Å². The summed E-state index contributed by atoms with van der Waals surface area (Å²) in [6.07, 6.45) is 3.20. The second kappa shape index (κ2) is 10.1. The number of ether oxygens (including phenoxy) is 1. The summed E-state index contributed by atoms with van der Waals surface area (Å²) in [6, 6.07) is 6.77. The molecule has 0 aromatic heterocycles. The van der Waals surface area contributed by atoms with Crippen molar-refractivity contribution in [1.82, 2.24) is 5.32 Å². The minimum atomic E-state index is -0.983. The van der Waals surface area contributed by atoms with Gasteiger partial charge in [-0.05, 0) is 49.5 Å². The van der Waals surface area contributed by atoms with E-state index in [1.54, 1.807) is 11.8 Å². The van der Waals surface area contributed by atoms with Crippen molar-refractivity contribution in [2.75, 3.05) is 18.6 Å². The number of amides is 1. The highest BCUT2D eigenvalue weighted by Crippen LogP contribution is 2.13. The zero-order chi connectivity index (χ0) is 16.4. The van der Waals surface area contributed by atoms with E-state index in [2.05, 4.69) is 5.32 Å². The molecular weight excluding hydrogens is 302 g/mol. The van der Waals surface area contributed by atoms with Crippen LogP contribution in [0.5, 0.6) is 5.75 Å². The minimum absolute atomic E-state index is 0.234. The summed E-state index contributed by atoms with van der Waals surface area (Å²) < 4.78 is 5.36. The molecule has 0 heterocycles. The molecule has 0 radical (unpaired) electrons. The molecule has 2 N–H and O–H groups in total. The molecule has 0 bridgehead atoms. The molecule has 6 heteroatoms. The zero-order valence-corrected chi connectivity index (χ0v) is 13.8. The van der Waals surface area contributed by atoms with Crippen molar-refractivity contribution < 1.29 is 19.4 Å². The number of carboxylic acid groups (broad SMARTS) is 1. The molecule has 1 unspecified atom stereocenters. The van der Waals surface area contributed by atoms with Gasteiger partial charge in [-0.3, -0.25) is 4.79 Å². The van der Waals surface area contributed by atoms with Gasteiger partial charge in [0, 0.05) is 6.42 Å². The molecule has 122 valence electrons. The molecule has 0 aliphatic heterocycles. The standard InChI is InChI=1S/C16H23NO4S/c1-3-21-13-7-4-12(5-8-13)6-9-15(18)17-14(16(19)20)10-11-22-2/h4-5,7-8,14H,3,6,9-11H2,1-2H3,(H,17,18)(H,19,20). The molecule has 1 amide bonds. The molecular formula is C16H23NO4S. The Kier molecular flexibility index (Phi) is 8.43. The second-order valence-corrected chi connectivity index (χ2v) is 5.80. The monoisotopic (exact) mass is 325 g/mol. The van der Waals surface area contributed by atoms with E-state index in [-0.39, 0.29) is 12.3 Å². The minimum Gasteiger partial charge on any atom is -0.494 e. The summed E-state index contributed by atoms with van der Waals surface area (Å²) in [7, 11) is 0. The molecule has 0 fully saturated rings. The molecule has 1 atom stereocenters. The van der Waals surface area contributed by atoms with Crippen LogP contribution in [0.2, 0.25) is 0 Å². The Morgan fingerprint density at radius 3 is 2.55 bits per heavy atom. The predicted molar refractivity (Wildman–Crippen MR) is 88.5 cm³/mol. The van der Waals surface area contributed by atoms with Crippen LogP contribution in [0, 0.1) is 0 Å². The SMILES string of the molecule is CCOc1ccc(CCC(=O)NC(CCSC)C(=O)O)cc1. The van der Waals surface area contributed by atoms with Gasteiger partial charge in [0.1, 0.15) is 11.8 Å². The van der Waals surface area contributed by atoms with Gasteiger partial charge in [-0.15, -0.1) is 0 Å². The van der Waals surface area contributed by atoms with E-state index in [1.807, 2.05) is 37.4 Å². The Labute approximate surface area is 135 Å². The summed E-state index contributed by atoms with van der Waals surface area (Å²) in [6.45, 7) is 2.54. The molecule has 1 rings (SSSR count). The summed E-state index contributed by atoms with van der Waals surface area (Å²) in [5.41, 5.74) is 1.02. The summed E-state index contributed by atoms with van der Waals surface area (Å²) in [5.74, 6) is 0.292. The number of carboxylic acids is 1. The number of hydrogen-bond acceptors (Lipinski definition) is 4. The summed E-state index contributed by atoms with van der Waals surface area (Å²) in [5, 5.41) is 11.7. The lowest BCUT2D eigenvalue weighted by molar-refractivity contribution is -0.141. The van der Waals surface area contributed by atoms with Crippen molar-refractivity contribution in [2.24, 2.45) is 0 Å². The third kappa shape index (κ3) is 6.85. The molecule has 22 heavy (non-hydrogen) atoms. The highest BCUT2D eigenvalue weighted by Gasteiger charge is 2.18. The molecule has 0 aliphatic rings. The topological polar surface area (TPSA) is 75.6 Å². The van der Waals surface area contributed by atoms with Gasteiger partial charge >= 0.3 is 5.97 Å². The first kappa shape index (κ1) is 18.4. The van der Waals surface area contributed by atoms with Crippen LogP contribution in [0.3, 0.4) is 0 Å². The fourth-order valence-corrected chi connectivity index (χ4v) is 2.41. The van der Waals surface area contributed by atoms with Gasteiger partial charge in [-0.2, -0.15) is 11.8 Å². The first-order valence-electron chi connectivity index (χ1n) is 7.29. The van der Waals surface area contributed by atoms with Gasteiger partial charge in [0.25, 0.3) is 0 Å². The molecule has 0 spiro atoms. The van der Waals surface area contributed by atoms with Gasteiger partial charge in [0.05, 0.1) is 6.61 Å². The van der Waals surface area contributed by atoms with Crippen LogP contribution in [0.15, 0.2) is 24.3 Å². The molecule has 1 aromatic rings. The maximum Gasteiger partial charge on any atom is 0.326 e. The molecule has 0 aliphatic carbocycles. The number of thioether (sulfide) groups is 1. The lowest BCUT2D eigenvalue weighted by Gasteiger charge is -2.14. The summed E-state index contributed by atoms with van der Waals surface area (Å²) in [4.78, 5) is 22.9. The van der Waals surface area contributed by atoms with Crippen LogP contribution in [0.25, 0.3) is 0 Å². The molecule has 0 saturated carbocycles. The number of carbonyl (C=O) groups is 2. The van der Waals surface area contributed by atoms with Crippen LogP contribution < -0.4 is 10.1 Å². The Morgan fingerprint density at radius 1 is 1.32 bits per heavy atom. The van der Waals surface area contributed by atoms with Crippen LogP contribution in [-0.2, 0) is 16.0 Å².